The highest BCUT2D eigenvalue weighted by Crippen LogP contribution is 2.30. The average Bonchev–Trinajstić information content (AvgIpc) is 3.08. The van der Waals surface area contributed by atoms with Gasteiger partial charge in [0, 0.05) is 26.0 Å². The summed E-state index contributed by atoms with van der Waals surface area (Å²) in [4.78, 5) is 15.5. The first-order chi connectivity index (χ1) is 10.1. The van der Waals surface area contributed by atoms with E-state index < -0.39 is 0 Å². The van der Waals surface area contributed by atoms with Crippen LogP contribution in [0.15, 0.2) is 27.3 Å². The SMILES string of the molecule is CC(NC(=O)c1c[nH]c2cc(Br)c(Br)cc12)c1nn[nH]n1. The van der Waals surface area contributed by atoms with Gasteiger partial charge in [0.2, 0.25) is 0 Å². The van der Waals surface area contributed by atoms with Gasteiger partial charge in [0.05, 0.1) is 11.6 Å². The number of aromatic nitrogens is 5. The molecule has 3 N–H and O–H groups in total. The Hall–Kier alpha value is -1.74. The van der Waals surface area contributed by atoms with Crippen LogP contribution in [0.3, 0.4) is 0 Å². The first kappa shape index (κ1) is 14.2. The summed E-state index contributed by atoms with van der Waals surface area (Å²) in [5.74, 6) is 0.236. The topological polar surface area (TPSA) is 99.4 Å². The molecule has 0 spiro atoms. The van der Waals surface area contributed by atoms with Crippen LogP contribution >= 0.6 is 31.9 Å². The lowest BCUT2D eigenvalue weighted by molar-refractivity contribution is 0.0940. The van der Waals surface area contributed by atoms with Crippen LogP contribution in [0.2, 0.25) is 0 Å². The van der Waals surface area contributed by atoms with Gasteiger partial charge in [0.15, 0.2) is 5.82 Å². The molecule has 0 aliphatic rings. The summed E-state index contributed by atoms with van der Waals surface area (Å²) in [6.45, 7) is 1.80. The van der Waals surface area contributed by atoms with E-state index in [4.69, 9.17) is 0 Å². The Kier molecular flexibility index (Phi) is 3.77. The van der Waals surface area contributed by atoms with Crippen LogP contribution in [0.1, 0.15) is 29.1 Å². The summed E-state index contributed by atoms with van der Waals surface area (Å²) in [5, 5.41) is 17.2. The third-order valence-electron chi connectivity index (χ3n) is 3.06. The van der Waals surface area contributed by atoms with Gasteiger partial charge in [-0.15, -0.1) is 10.2 Å². The normalized spacial score (nSPS) is 12.5. The van der Waals surface area contributed by atoms with E-state index in [0.717, 1.165) is 19.8 Å². The molecule has 21 heavy (non-hydrogen) atoms. The highest BCUT2D eigenvalue weighted by Gasteiger charge is 2.18. The molecule has 9 heteroatoms. The van der Waals surface area contributed by atoms with E-state index in [1.807, 2.05) is 12.1 Å². The Morgan fingerprint density at radius 2 is 2.10 bits per heavy atom. The maximum Gasteiger partial charge on any atom is 0.254 e. The molecular formula is C12H10Br2N6O. The summed E-state index contributed by atoms with van der Waals surface area (Å²) < 4.78 is 1.80. The average molecular weight is 414 g/mol. The first-order valence-corrected chi connectivity index (χ1v) is 7.65. The van der Waals surface area contributed by atoms with Crippen LogP contribution in [0, 0.1) is 0 Å². The smallest absolute Gasteiger partial charge is 0.254 e. The van der Waals surface area contributed by atoms with Crippen LogP contribution < -0.4 is 5.32 Å². The molecule has 0 aliphatic heterocycles. The molecule has 0 bridgehead atoms. The first-order valence-electron chi connectivity index (χ1n) is 6.06. The van der Waals surface area contributed by atoms with Gasteiger partial charge in [-0.2, -0.15) is 5.21 Å². The van der Waals surface area contributed by atoms with Crippen molar-refractivity contribution < 1.29 is 4.79 Å². The van der Waals surface area contributed by atoms with E-state index in [1.165, 1.54) is 0 Å². The van der Waals surface area contributed by atoms with E-state index in [-0.39, 0.29) is 11.9 Å². The molecule has 3 aromatic rings. The molecular weight excluding hydrogens is 404 g/mol. The van der Waals surface area contributed by atoms with Gasteiger partial charge >= 0.3 is 0 Å². The number of hydrogen-bond donors (Lipinski definition) is 3. The molecule has 0 radical (unpaired) electrons. The number of carbonyl (C=O) groups excluding carboxylic acids is 1. The van der Waals surface area contributed by atoms with E-state index in [1.54, 1.807) is 13.1 Å². The van der Waals surface area contributed by atoms with E-state index in [0.29, 0.717) is 11.4 Å². The third-order valence-corrected chi connectivity index (χ3v) is 4.91. The Balaban J connectivity index is 1.90. The molecule has 2 aromatic heterocycles. The predicted octanol–water partition coefficient (Wildman–Crippen LogP) is 2.70. The number of amides is 1. The number of aromatic amines is 2. The number of nitrogens with one attached hydrogen (secondary N) is 3. The largest absolute Gasteiger partial charge is 0.360 e. The molecule has 1 amide bonds. The van der Waals surface area contributed by atoms with Gasteiger partial charge in [-0.25, -0.2) is 0 Å². The van der Waals surface area contributed by atoms with Gasteiger partial charge < -0.3 is 10.3 Å². The van der Waals surface area contributed by atoms with Crippen molar-refractivity contribution in [3.05, 3.63) is 38.7 Å². The number of H-pyrrole nitrogens is 2. The predicted molar refractivity (Wildman–Crippen MR) is 83.8 cm³/mol. The van der Waals surface area contributed by atoms with E-state index >= 15 is 0 Å². The Morgan fingerprint density at radius 3 is 2.81 bits per heavy atom. The number of fused-ring (bicyclic) bond motifs is 1. The highest BCUT2D eigenvalue weighted by molar-refractivity contribution is 9.13. The molecule has 0 saturated heterocycles. The summed E-state index contributed by atoms with van der Waals surface area (Å²) in [6, 6.07) is 3.47. The lowest BCUT2D eigenvalue weighted by atomic mass is 10.1. The zero-order chi connectivity index (χ0) is 15.0. The van der Waals surface area contributed by atoms with E-state index in [2.05, 4.69) is 62.8 Å². The maximum atomic E-state index is 12.4. The van der Waals surface area contributed by atoms with E-state index in [9.17, 15) is 4.79 Å². The van der Waals surface area contributed by atoms with Crippen LogP contribution in [0.4, 0.5) is 0 Å². The fraction of sp³-hybridized carbons (Fsp3) is 0.167. The zero-order valence-corrected chi connectivity index (χ0v) is 14.0. The summed E-state index contributed by atoms with van der Waals surface area (Å²) >= 11 is 6.88. The number of halogens is 2. The van der Waals surface area contributed by atoms with Gasteiger partial charge in [-0.05, 0) is 50.9 Å². The Morgan fingerprint density at radius 1 is 1.33 bits per heavy atom. The second-order valence-electron chi connectivity index (χ2n) is 4.48. The number of nitrogens with zero attached hydrogens (tertiary/aromatic N) is 3. The molecule has 1 atom stereocenters. The van der Waals surface area contributed by atoms with Crippen molar-refractivity contribution in [2.45, 2.75) is 13.0 Å². The number of hydrogen-bond acceptors (Lipinski definition) is 4. The van der Waals surface area contributed by atoms with Crippen molar-refractivity contribution in [1.82, 2.24) is 30.9 Å². The van der Waals surface area contributed by atoms with Crippen LogP contribution in [0.25, 0.3) is 10.9 Å². The van der Waals surface area contributed by atoms with Crippen molar-refractivity contribution in [3.8, 4) is 0 Å². The third kappa shape index (κ3) is 2.70. The standard InChI is InChI=1S/C12H10Br2N6O/c1-5(11-17-19-20-18-11)16-12(21)7-4-15-10-3-9(14)8(13)2-6(7)10/h2-5,15H,1H3,(H,16,21)(H,17,18,19,20). The monoisotopic (exact) mass is 412 g/mol. The lowest BCUT2D eigenvalue weighted by Crippen LogP contribution is -2.27. The fourth-order valence-corrected chi connectivity index (χ4v) is 2.68. The summed E-state index contributed by atoms with van der Waals surface area (Å²) in [5.41, 5.74) is 1.44. The maximum absolute atomic E-state index is 12.4. The van der Waals surface area contributed by atoms with Crippen LogP contribution in [-0.2, 0) is 0 Å². The minimum Gasteiger partial charge on any atom is -0.360 e. The molecule has 7 nitrogen and oxygen atoms in total. The van der Waals surface area contributed by atoms with Crippen molar-refractivity contribution in [1.29, 1.82) is 0 Å². The van der Waals surface area contributed by atoms with Gasteiger partial charge in [-0.1, -0.05) is 5.21 Å². The molecule has 108 valence electrons. The number of carbonyl (C=O) groups is 1. The molecule has 2 heterocycles. The van der Waals surface area contributed by atoms with Crippen LogP contribution in [-0.4, -0.2) is 31.5 Å². The number of rotatable bonds is 3. The number of tetrazole rings is 1. The zero-order valence-electron chi connectivity index (χ0n) is 10.8. The molecule has 1 aromatic carbocycles. The van der Waals surface area contributed by atoms with Crippen molar-refractivity contribution >= 4 is 48.7 Å². The fourth-order valence-electron chi connectivity index (χ4n) is 2.00. The van der Waals surface area contributed by atoms with Crippen molar-refractivity contribution in [2.75, 3.05) is 0 Å². The minimum atomic E-state index is -0.333. The highest BCUT2D eigenvalue weighted by atomic mass is 79.9. The summed E-state index contributed by atoms with van der Waals surface area (Å²) in [6.07, 6.45) is 1.68. The molecule has 1 unspecified atom stereocenters. The van der Waals surface area contributed by atoms with Crippen molar-refractivity contribution in [3.63, 3.8) is 0 Å². The number of benzene rings is 1. The Labute approximate surface area is 136 Å². The lowest BCUT2D eigenvalue weighted by Gasteiger charge is -2.09. The Bertz CT molecular complexity index is 798. The van der Waals surface area contributed by atoms with Gasteiger partial charge in [-0.3, -0.25) is 4.79 Å². The molecule has 3 rings (SSSR count). The minimum absolute atomic E-state index is 0.201. The second-order valence-corrected chi connectivity index (χ2v) is 6.19. The second kappa shape index (κ2) is 5.57. The summed E-state index contributed by atoms with van der Waals surface area (Å²) in [7, 11) is 0. The molecule has 0 fully saturated rings. The van der Waals surface area contributed by atoms with Gasteiger partial charge in [0.1, 0.15) is 0 Å². The molecule has 0 aliphatic carbocycles. The van der Waals surface area contributed by atoms with Crippen molar-refractivity contribution in [2.24, 2.45) is 0 Å². The quantitative estimate of drug-likeness (QED) is 0.614. The molecule has 0 saturated carbocycles. The van der Waals surface area contributed by atoms with Gasteiger partial charge in [0.25, 0.3) is 5.91 Å². The van der Waals surface area contributed by atoms with Crippen LogP contribution in [0.5, 0.6) is 0 Å².